The fraction of sp³-hybridized carbons (Fsp3) is 0.567. The van der Waals surface area contributed by atoms with E-state index in [4.69, 9.17) is 16.5 Å². The normalized spacial score (nSPS) is 49.8. The Kier molecular flexibility index (Phi) is 8.45. The molecular weight excluding hydrogens is 907 g/mol. The molecule has 0 heterocycles. The first kappa shape index (κ1) is 45.5. The predicted molar refractivity (Wildman–Crippen MR) is 267 cm³/mol. The standard InChI is InChI=1S/C60H65N3O9/c1-30(49(67)68)37-18-23-54(63-50(61)62)24-25-55-40-28-36(64)15-17-39-45(66)44-48-56(69)29-35-27-33-14-16-38(59(37,71)60(40,54)72)42(33)46(55)58(35,70)57(48,53(39,55)4)21-9-5-8-20-51(2)41(65)19-22-52(44,3)47(51)43(56)34-13-12-31-10-6-7-11-32(31)26-34/h6-7,10-11,16,24-26,29,36,39-40,43,46-47,64,69-72H,9,12-15,17-23,27-28H2,1-4H3,(H,67,68)(H4,61,62,63). The van der Waals surface area contributed by atoms with Crippen LogP contribution in [0.15, 0.2) is 104 Å². The lowest BCUT2D eigenvalue weighted by molar-refractivity contribution is -0.244. The van der Waals surface area contributed by atoms with Crippen molar-refractivity contribution in [2.24, 2.45) is 73.1 Å². The third-order valence-corrected chi connectivity index (χ3v) is 23.3. The van der Waals surface area contributed by atoms with Crippen LogP contribution in [0.4, 0.5) is 0 Å². The summed E-state index contributed by atoms with van der Waals surface area (Å²) in [6.07, 6.45) is 12.2. The monoisotopic (exact) mass is 971 g/mol. The summed E-state index contributed by atoms with van der Waals surface area (Å²) in [6.45, 7) is 7.72. The summed E-state index contributed by atoms with van der Waals surface area (Å²) in [5, 5.41) is 83.5. The lowest BCUT2D eigenvalue weighted by Crippen LogP contribution is -2.79. The van der Waals surface area contributed by atoms with Gasteiger partial charge in [-0.2, -0.15) is 0 Å². The van der Waals surface area contributed by atoms with Crippen LogP contribution in [0.25, 0.3) is 6.08 Å². The molecule has 0 saturated heterocycles. The summed E-state index contributed by atoms with van der Waals surface area (Å²) in [6, 6.07) is 8.30. The number of ketones is 2. The zero-order valence-electron chi connectivity index (χ0n) is 41.6. The minimum absolute atomic E-state index is 0.00747. The molecule has 1 aromatic rings. The molecule has 10 N–H and O–H groups in total. The van der Waals surface area contributed by atoms with Gasteiger partial charge in [0.1, 0.15) is 33.7 Å². The molecule has 0 aliphatic heterocycles. The van der Waals surface area contributed by atoms with Crippen molar-refractivity contribution in [3.63, 3.8) is 0 Å². The maximum Gasteiger partial charge on any atom is 0.331 e. The number of hydrogen-bond acceptors (Lipinski definition) is 9. The van der Waals surface area contributed by atoms with Crippen LogP contribution in [0.3, 0.4) is 0 Å². The fourth-order valence-corrected chi connectivity index (χ4v) is 21.1. The second kappa shape index (κ2) is 13.4. The van der Waals surface area contributed by atoms with Gasteiger partial charge in [-0.3, -0.25) is 9.59 Å². The molecule has 16 unspecified atom stereocenters. The lowest BCUT2D eigenvalue weighted by atomic mass is 9.30. The molecule has 16 atom stereocenters. The zero-order chi connectivity index (χ0) is 50.5. The molecule has 12 heteroatoms. The van der Waals surface area contributed by atoms with Crippen molar-refractivity contribution in [2.45, 2.75) is 152 Å². The highest BCUT2D eigenvalue weighted by atomic mass is 16.4. The number of rotatable bonds is 3. The number of aliphatic carboxylic acids is 1. The van der Waals surface area contributed by atoms with E-state index >= 15 is 19.8 Å². The van der Waals surface area contributed by atoms with Crippen molar-refractivity contribution in [2.75, 3.05) is 0 Å². The van der Waals surface area contributed by atoms with E-state index in [9.17, 15) is 25.2 Å². The van der Waals surface area contributed by atoms with Gasteiger partial charge in [0, 0.05) is 81.2 Å². The zero-order valence-corrected chi connectivity index (χ0v) is 41.6. The first-order valence-electron chi connectivity index (χ1n) is 26.6. The number of carboxylic acid groups (broad SMARTS) is 1. The minimum atomic E-state index is -2.48. The maximum atomic E-state index is 17.1. The number of carboxylic acids is 1. The topological polar surface area (TPSA) is 237 Å². The Hall–Kier alpha value is -5.16. The average molecular weight is 972 g/mol. The number of guanidine groups is 1. The van der Waals surface area contributed by atoms with Gasteiger partial charge in [0.25, 0.3) is 0 Å². The average Bonchev–Trinajstić information content (AvgIpc) is 3.78. The highest BCUT2D eigenvalue weighted by Crippen LogP contribution is 2.92. The Labute approximate surface area is 419 Å². The number of Topliss-reactive ketones (excluding diaryl/α,β-unsaturated/α-hetero) is 2. The Balaban J connectivity index is 1.20. The number of aliphatic hydroxyl groups is 5. The van der Waals surface area contributed by atoms with Crippen molar-refractivity contribution >= 4 is 29.6 Å². The largest absolute Gasteiger partial charge is 0.478 e. The van der Waals surface area contributed by atoms with E-state index in [1.54, 1.807) is 6.08 Å². The number of benzene rings is 1. The minimum Gasteiger partial charge on any atom is -0.478 e. The maximum absolute atomic E-state index is 17.1. The van der Waals surface area contributed by atoms with E-state index in [-0.39, 0.29) is 92.9 Å². The molecule has 5 saturated carbocycles. The van der Waals surface area contributed by atoms with Crippen LogP contribution >= 0.6 is 0 Å². The van der Waals surface area contributed by atoms with E-state index in [0.717, 1.165) is 23.1 Å². The summed E-state index contributed by atoms with van der Waals surface area (Å²) in [4.78, 5) is 50.3. The number of carbonyl (C=O) groups excluding carboxylic acids is 2. The first-order chi connectivity index (χ1) is 34.0. The van der Waals surface area contributed by atoms with E-state index in [2.05, 4.69) is 50.0 Å². The van der Waals surface area contributed by atoms with E-state index in [0.29, 0.717) is 47.1 Å². The SMILES string of the molecule is CC(C(=O)O)=C1CCC2(N=C(N)N)C=CC34C5C6=C7CC=C6C1(O)C2(O)C3CC(O)CCC1C(=O)C2=C3C6(O)C=C(C7)C5(O)C3(CCC#CCC3(C)C(=O)CCC2(C)C3C6C2=Cc3ccccc3CC2)C14C. The Morgan fingerprint density at radius 3 is 2.46 bits per heavy atom. The molecule has 374 valence electrons. The van der Waals surface area contributed by atoms with Gasteiger partial charge in [0.05, 0.1) is 6.10 Å². The van der Waals surface area contributed by atoms with Crippen molar-refractivity contribution in [1.82, 2.24) is 0 Å². The predicted octanol–water partition coefficient (Wildman–Crippen LogP) is 5.78. The number of aryl methyl sites for hydroxylation is 1. The first-order valence-corrected chi connectivity index (χ1v) is 26.6. The molecule has 8 bridgehead atoms. The fourth-order valence-electron chi connectivity index (χ4n) is 21.1. The van der Waals surface area contributed by atoms with Crippen LogP contribution in [0.2, 0.25) is 0 Å². The third kappa shape index (κ3) is 4.34. The van der Waals surface area contributed by atoms with E-state index in [1.165, 1.54) is 12.5 Å². The third-order valence-electron chi connectivity index (χ3n) is 23.3. The van der Waals surface area contributed by atoms with Gasteiger partial charge in [-0.05, 0) is 129 Å². The molecule has 1 aromatic carbocycles. The highest BCUT2D eigenvalue weighted by Gasteiger charge is 2.94. The Morgan fingerprint density at radius 1 is 0.917 bits per heavy atom. The molecule has 14 rings (SSSR count). The van der Waals surface area contributed by atoms with Crippen LogP contribution in [-0.4, -0.2) is 88.2 Å². The molecule has 0 radical (unpaired) electrons. The van der Waals surface area contributed by atoms with E-state index in [1.807, 2.05) is 31.2 Å². The van der Waals surface area contributed by atoms with Gasteiger partial charge >= 0.3 is 5.97 Å². The number of allylic oxidation sites excluding steroid dienone is 4. The number of aliphatic hydroxyl groups excluding tert-OH is 1. The number of hydrogen-bond donors (Lipinski definition) is 8. The van der Waals surface area contributed by atoms with Crippen LogP contribution in [0, 0.1) is 68.5 Å². The smallest absolute Gasteiger partial charge is 0.331 e. The number of fused-ring (bicyclic) bond motifs is 2. The molecule has 13 aliphatic carbocycles. The summed E-state index contributed by atoms with van der Waals surface area (Å²) in [5.74, 6) is 0.953. The van der Waals surface area contributed by atoms with Crippen molar-refractivity contribution in [3.05, 3.63) is 110 Å². The van der Waals surface area contributed by atoms with Gasteiger partial charge in [-0.15, -0.1) is 11.8 Å². The molecule has 12 nitrogen and oxygen atoms in total. The molecular formula is C60H65N3O9. The van der Waals surface area contributed by atoms with E-state index < -0.39 is 96.7 Å². The number of aliphatic imine (C=N–C) groups is 1. The van der Waals surface area contributed by atoms with Gasteiger partial charge in [-0.1, -0.05) is 80.5 Å². The van der Waals surface area contributed by atoms with Crippen molar-refractivity contribution < 1.29 is 45.0 Å². The van der Waals surface area contributed by atoms with Crippen LogP contribution in [-0.2, 0) is 20.8 Å². The van der Waals surface area contributed by atoms with Gasteiger partial charge in [0.2, 0.25) is 0 Å². The van der Waals surface area contributed by atoms with Crippen LogP contribution < -0.4 is 11.5 Å². The number of carbonyl (C=O) groups is 3. The quantitative estimate of drug-likeness (QED) is 0.0595. The second-order valence-electron chi connectivity index (χ2n) is 25.3. The second-order valence-corrected chi connectivity index (χ2v) is 25.3. The van der Waals surface area contributed by atoms with Crippen molar-refractivity contribution in [1.29, 1.82) is 0 Å². The summed E-state index contributed by atoms with van der Waals surface area (Å²) >= 11 is 0. The molecule has 5 fully saturated rings. The van der Waals surface area contributed by atoms with Gasteiger partial charge in [-0.25, -0.2) is 9.79 Å². The molecule has 2 spiro atoms. The summed E-state index contributed by atoms with van der Waals surface area (Å²) in [5.41, 5.74) is 2.50. The summed E-state index contributed by atoms with van der Waals surface area (Å²) < 4.78 is 0. The number of nitrogens with two attached hydrogens (primary N) is 2. The molecule has 72 heavy (non-hydrogen) atoms. The van der Waals surface area contributed by atoms with Crippen LogP contribution in [0.1, 0.15) is 122 Å². The molecule has 13 aliphatic rings. The molecule has 0 aromatic heterocycles. The van der Waals surface area contributed by atoms with Gasteiger partial charge in [0.15, 0.2) is 11.7 Å². The van der Waals surface area contributed by atoms with Gasteiger partial charge < -0.3 is 42.1 Å². The molecule has 0 amide bonds. The lowest BCUT2D eigenvalue weighted by Gasteiger charge is -2.73. The Bertz CT molecular complexity index is 3210. The summed E-state index contributed by atoms with van der Waals surface area (Å²) in [7, 11) is 0. The Morgan fingerprint density at radius 2 is 1.69 bits per heavy atom. The number of nitrogens with zero attached hydrogens (tertiary/aromatic N) is 1. The van der Waals surface area contributed by atoms with Crippen LogP contribution in [0.5, 0.6) is 0 Å². The highest BCUT2D eigenvalue weighted by molar-refractivity contribution is 6.04. The van der Waals surface area contributed by atoms with Crippen molar-refractivity contribution in [3.8, 4) is 11.8 Å².